The molecule has 10 nitrogen and oxygen atoms in total. The van der Waals surface area contributed by atoms with Gasteiger partial charge in [-0.15, -0.1) is 11.8 Å². The quantitative estimate of drug-likeness (QED) is 0.578. The van der Waals surface area contributed by atoms with Crippen molar-refractivity contribution in [2.24, 2.45) is 0 Å². The maximum atomic E-state index is 11.9. The van der Waals surface area contributed by atoms with E-state index < -0.39 is 10.8 Å². The maximum absolute atomic E-state index is 11.9. The van der Waals surface area contributed by atoms with Crippen LogP contribution in [0.1, 0.15) is 13.3 Å². The molecule has 33 heavy (non-hydrogen) atoms. The molecule has 1 N–H and O–H groups in total. The molecule has 0 spiro atoms. The fourth-order valence-electron chi connectivity index (χ4n) is 4.25. The summed E-state index contributed by atoms with van der Waals surface area (Å²) in [6.07, 6.45) is 1.06. The molecule has 2 aromatic rings. The summed E-state index contributed by atoms with van der Waals surface area (Å²) in [4.78, 5) is 26.8. The van der Waals surface area contributed by atoms with Crippen LogP contribution in [0.5, 0.6) is 0 Å². The Morgan fingerprint density at radius 1 is 0.909 bits per heavy atom. The van der Waals surface area contributed by atoms with E-state index in [1.54, 1.807) is 11.8 Å². The molecule has 0 bridgehead atoms. The highest BCUT2D eigenvalue weighted by Gasteiger charge is 2.26. The lowest BCUT2D eigenvalue weighted by Crippen LogP contribution is -2.44. The van der Waals surface area contributed by atoms with Crippen molar-refractivity contribution in [3.8, 4) is 0 Å². The fraction of sp³-hybridized carbons (Fsp3) is 0.714. The molecule has 3 fully saturated rings. The lowest BCUT2D eigenvalue weighted by atomic mass is 10.3. The highest BCUT2D eigenvalue weighted by molar-refractivity contribution is 7.99. The van der Waals surface area contributed by atoms with Crippen molar-refractivity contribution in [2.75, 3.05) is 97.5 Å². The van der Waals surface area contributed by atoms with Crippen LogP contribution in [0.3, 0.4) is 0 Å². The van der Waals surface area contributed by atoms with Gasteiger partial charge in [0.25, 0.3) is 0 Å². The summed E-state index contributed by atoms with van der Waals surface area (Å²) in [6, 6.07) is 0. The third kappa shape index (κ3) is 5.18. The van der Waals surface area contributed by atoms with Gasteiger partial charge in [0.2, 0.25) is 5.95 Å². The van der Waals surface area contributed by atoms with E-state index in [-0.39, 0.29) is 0 Å². The molecule has 0 radical (unpaired) electrons. The van der Waals surface area contributed by atoms with Gasteiger partial charge in [0.15, 0.2) is 22.8 Å². The lowest BCUT2D eigenvalue weighted by Gasteiger charge is -2.32. The number of aromatic nitrogens is 4. The molecule has 0 amide bonds. The largest absolute Gasteiger partial charge is 0.378 e. The van der Waals surface area contributed by atoms with Crippen LogP contribution in [0, 0.1) is 0 Å². The van der Waals surface area contributed by atoms with E-state index in [4.69, 9.17) is 24.7 Å². The smallest absolute Gasteiger partial charge is 0.229 e. The second-order valence-corrected chi connectivity index (χ2v) is 11.2. The highest BCUT2D eigenvalue weighted by Crippen LogP contribution is 2.33. The molecule has 5 rings (SSSR count). The van der Waals surface area contributed by atoms with Crippen molar-refractivity contribution in [1.82, 2.24) is 25.3 Å². The van der Waals surface area contributed by atoms with E-state index >= 15 is 0 Å². The Balaban J connectivity index is 1.61. The summed E-state index contributed by atoms with van der Waals surface area (Å²) in [5.41, 5.74) is 1.40. The Morgan fingerprint density at radius 3 is 2.36 bits per heavy atom. The first-order valence-electron chi connectivity index (χ1n) is 11.8. The minimum absolute atomic E-state index is 0.641. The first kappa shape index (κ1) is 23.0. The molecule has 0 aromatic carbocycles. The number of hydrogen-bond acceptors (Lipinski definition) is 11. The highest BCUT2D eigenvalue weighted by atomic mass is 32.2. The van der Waals surface area contributed by atoms with E-state index in [0.717, 1.165) is 92.7 Å². The Hall–Kier alpha value is -1.76. The summed E-state index contributed by atoms with van der Waals surface area (Å²) < 4.78 is 17.5. The number of piperazine rings is 1. The van der Waals surface area contributed by atoms with Gasteiger partial charge in [-0.2, -0.15) is 9.97 Å². The summed E-state index contributed by atoms with van der Waals surface area (Å²) in [7, 11) is -0.741. The van der Waals surface area contributed by atoms with Gasteiger partial charge >= 0.3 is 0 Å². The number of thioether (sulfide) groups is 1. The van der Waals surface area contributed by atoms with Gasteiger partial charge in [-0.1, -0.05) is 6.92 Å². The fourth-order valence-corrected chi connectivity index (χ4v) is 6.16. The molecule has 3 saturated heterocycles. The first-order valence-corrected chi connectivity index (χ1v) is 14.3. The van der Waals surface area contributed by atoms with Crippen LogP contribution in [0.25, 0.3) is 11.2 Å². The lowest BCUT2D eigenvalue weighted by molar-refractivity contribution is 0.122. The third-order valence-corrected chi connectivity index (χ3v) is 8.52. The zero-order chi connectivity index (χ0) is 22.6. The average Bonchev–Trinajstić information content (AvgIpc) is 2.88. The number of ether oxygens (including phenoxy) is 1. The predicted molar refractivity (Wildman–Crippen MR) is 134 cm³/mol. The van der Waals surface area contributed by atoms with Gasteiger partial charge in [0, 0.05) is 74.7 Å². The minimum atomic E-state index is -0.741. The first-order chi connectivity index (χ1) is 16.2. The van der Waals surface area contributed by atoms with Crippen molar-refractivity contribution in [3.05, 3.63) is 0 Å². The maximum Gasteiger partial charge on any atom is 0.229 e. The molecule has 3 aliphatic heterocycles. The molecular weight excluding hydrogens is 460 g/mol. The molecule has 180 valence electrons. The molecular formula is C21H32N8O2S2. The Labute approximate surface area is 201 Å². The summed E-state index contributed by atoms with van der Waals surface area (Å²) in [6.45, 7) is 10.2. The van der Waals surface area contributed by atoms with Gasteiger partial charge in [0.1, 0.15) is 5.03 Å². The van der Waals surface area contributed by atoms with Crippen LogP contribution in [0.15, 0.2) is 5.03 Å². The zero-order valence-electron chi connectivity index (χ0n) is 19.2. The van der Waals surface area contributed by atoms with Crippen LogP contribution >= 0.6 is 11.8 Å². The molecule has 2 aromatic heterocycles. The van der Waals surface area contributed by atoms with Crippen LogP contribution in [0.4, 0.5) is 17.6 Å². The van der Waals surface area contributed by atoms with Crippen molar-refractivity contribution >= 4 is 51.3 Å². The van der Waals surface area contributed by atoms with Crippen LogP contribution in [-0.4, -0.2) is 107 Å². The summed E-state index contributed by atoms with van der Waals surface area (Å²) in [5.74, 6) is 4.77. The third-order valence-electron chi connectivity index (χ3n) is 6.08. The summed E-state index contributed by atoms with van der Waals surface area (Å²) in [5, 5.41) is 4.32. The van der Waals surface area contributed by atoms with Gasteiger partial charge < -0.3 is 24.8 Å². The predicted octanol–water partition coefficient (Wildman–Crippen LogP) is 0.737. The average molecular weight is 493 g/mol. The number of anilines is 3. The number of nitrogens with zero attached hydrogens (tertiary/aromatic N) is 7. The van der Waals surface area contributed by atoms with Crippen molar-refractivity contribution in [3.63, 3.8) is 0 Å². The SMILES string of the molecule is CCCSc1nc2c(N3CCOCC3)nc(N3CCNCC3)nc2nc1N1CCS(=O)CC1. The van der Waals surface area contributed by atoms with Crippen LogP contribution in [-0.2, 0) is 15.5 Å². The van der Waals surface area contributed by atoms with E-state index in [0.29, 0.717) is 30.4 Å². The Kier molecular flexibility index (Phi) is 7.43. The number of fused-ring (bicyclic) bond motifs is 1. The number of rotatable bonds is 6. The number of hydrogen-bond donors (Lipinski definition) is 1. The molecule has 0 saturated carbocycles. The zero-order valence-corrected chi connectivity index (χ0v) is 20.8. The molecule has 3 aliphatic rings. The topological polar surface area (TPSA) is 99.6 Å². The van der Waals surface area contributed by atoms with Crippen molar-refractivity contribution in [1.29, 1.82) is 0 Å². The second kappa shape index (κ2) is 10.7. The number of nitrogens with one attached hydrogen (secondary N) is 1. The minimum Gasteiger partial charge on any atom is -0.378 e. The standard InChI is InChI=1S/C21H32N8O2S2/c1-2-13-32-20-19(28-9-14-33(30)15-10-28)24-17-16(23-20)18(27-7-11-31-12-8-27)26-21(25-17)29-5-3-22-4-6-29/h22H,2-15H2,1H3. The Bertz CT molecular complexity index is 988. The summed E-state index contributed by atoms with van der Waals surface area (Å²) >= 11 is 1.74. The molecule has 0 atom stereocenters. The van der Waals surface area contributed by atoms with Crippen LogP contribution in [0.2, 0.25) is 0 Å². The normalized spacial score (nSPS) is 20.6. The van der Waals surface area contributed by atoms with Crippen molar-refractivity contribution < 1.29 is 8.95 Å². The Morgan fingerprint density at radius 2 is 1.64 bits per heavy atom. The second-order valence-electron chi connectivity index (χ2n) is 8.39. The molecule has 12 heteroatoms. The van der Waals surface area contributed by atoms with E-state index in [9.17, 15) is 4.21 Å². The van der Waals surface area contributed by atoms with E-state index in [1.807, 2.05) is 0 Å². The van der Waals surface area contributed by atoms with E-state index in [2.05, 4.69) is 26.9 Å². The van der Waals surface area contributed by atoms with Crippen molar-refractivity contribution in [2.45, 2.75) is 18.4 Å². The monoisotopic (exact) mass is 492 g/mol. The van der Waals surface area contributed by atoms with E-state index in [1.165, 1.54) is 0 Å². The van der Waals surface area contributed by atoms with Crippen LogP contribution < -0.4 is 20.0 Å². The molecule has 0 aliphatic carbocycles. The molecule has 0 unspecified atom stereocenters. The van der Waals surface area contributed by atoms with Gasteiger partial charge in [-0.25, -0.2) is 9.97 Å². The van der Waals surface area contributed by atoms with Gasteiger partial charge in [-0.3, -0.25) is 4.21 Å². The molecule has 5 heterocycles. The van der Waals surface area contributed by atoms with Gasteiger partial charge in [0.05, 0.1) is 13.2 Å². The van der Waals surface area contributed by atoms with Gasteiger partial charge in [-0.05, 0) is 12.2 Å². The number of morpholine rings is 1.